The Morgan fingerprint density at radius 1 is 1.20 bits per heavy atom. The molecule has 76 valence electrons. The van der Waals surface area contributed by atoms with E-state index in [0.717, 1.165) is 23.1 Å². The first-order valence-electron chi connectivity index (χ1n) is 4.79. The Bertz CT molecular complexity index is 518. The van der Waals surface area contributed by atoms with E-state index in [1.165, 1.54) is 0 Å². The summed E-state index contributed by atoms with van der Waals surface area (Å²) < 4.78 is 7.65. The van der Waals surface area contributed by atoms with E-state index >= 15 is 0 Å². The van der Waals surface area contributed by atoms with Gasteiger partial charge in [0.15, 0.2) is 11.6 Å². The van der Waals surface area contributed by atoms with E-state index in [0.29, 0.717) is 0 Å². The van der Waals surface area contributed by atoms with Crippen LogP contribution in [0.3, 0.4) is 0 Å². The van der Waals surface area contributed by atoms with Gasteiger partial charge in [-0.1, -0.05) is 12.1 Å². The van der Waals surface area contributed by atoms with E-state index in [1.807, 2.05) is 47.8 Å². The van der Waals surface area contributed by atoms with Crippen molar-refractivity contribution < 1.29 is 4.74 Å². The summed E-state index contributed by atoms with van der Waals surface area (Å²) in [6.45, 7) is 0. The Kier molecular flexibility index (Phi) is 1.54. The third-order valence-corrected chi connectivity index (χ3v) is 2.62. The smallest absolute Gasteiger partial charge is 0.244 e. The molecular formula is C11H11N3O. The average Bonchev–Trinajstić information content (AvgIpc) is 2.62. The molecule has 4 heteroatoms. The Morgan fingerprint density at radius 3 is 2.87 bits per heavy atom. The number of benzene rings is 1. The summed E-state index contributed by atoms with van der Waals surface area (Å²) in [6.07, 6.45) is 1.76. The lowest BCUT2D eigenvalue weighted by molar-refractivity contribution is 0.437. The highest BCUT2D eigenvalue weighted by Crippen LogP contribution is 2.44. The van der Waals surface area contributed by atoms with Crippen LogP contribution in [0.2, 0.25) is 0 Å². The monoisotopic (exact) mass is 201 g/mol. The van der Waals surface area contributed by atoms with Crippen LogP contribution in [0.1, 0.15) is 0 Å². The van der Waals surface area contributed by atoms with Crippen LogP contribution in [0.15, 0.2) is 30.6 Å². The number of aromatic nitrogens is 2. The summed E-state index contributed by atoms with van der Waals surface area (Å²) in [4.78, 5) is 6.34. The molecule has 0 atom stereocenters. The second kappa shape index (κ2) is 2.76. The molecule has 0 radical (unpaired) electrons. The summed E-state index contributed by atoms with van der Waals surface area (Å²) in [5.41, 5.74) is 1.05. The van der Waals surface area contributed by atoms with Crippen LogP contribution >= 0.6 is 0 Å². The predicted molar refractivity (Wildman–Crippen MR) is 57.8 cm³/mol. The van der Waals surface area contributed by atoms with E-state index in [-0.39, 0.29) is 0 Å². The van der Waals surface area contributed by atoms with E-state index in [1.54, 1.807) is 6.33 Å². The third kappa shape index (κ3) is 1.05. The van der Waals surface area contributed by atoms with Gasteiger partial charge in [-0.15, -0.1) is 0 Å². The number of anilines is 2. The minimum atomic E-state index is 0.788. The number of hydrogen-bond acceptors (Lipinski definition) is 3. The number of rotatable bonds is 0. The maximum absolute atomic E-state index is 5.78. The molecule has 0 spiro atoms. The van der Waals surface area contributed by atoms with Crippen molar-refractivity contribution in [1.82, 2.24) is 9.55 Å². The van der Waals surface area contributed by atoms with E-state index < -0.39 is 0 Å². The molecule has 0 unspecified atom stereocenters. The molecule has 15 heavy (non-hydrogen) atoms. The summed E-state index contributed by atoms with van der Waals surface area (Å²) in [7, 11) is 3.92. The Labute approximate surface area is 87.7 Å². The number of aryl methyl sites for hydroxylation is 1. The number of imidazole rings is 1. The van der Waals surface area contributed by atoms with Crippen LogP contribution in [-0.4, -0.2) is 16.6 Å². The molecule has 1 aliphatic heterocycles. The average molecular weight is 201 g/mol. The lowest BCUT2D eigenvalue weighted by Gasteiger charge is -2.26. The van der Waals surface area contributed by atoms with Crippen molar-refractivity contribution in [3.05, 3.63) is 30.6 Å². The quantitative estimate of drug-likeness (QED) is 0.655. The molecule has 0 amide bonds. The molecule has 0 saturated heterocycles. The van der Waals surface area contributed by atoms with Crippen LogP contribution in [0.25, 0.3) is 0 Å². The van der Waals surface area contributed by atoms with Gasteiger partial charge in [0.05, 0.1) is 12.0 Å². The molecule has 3 rings (SSSR count). The van der Waals surface area contributed by atoms with Gasteiger partial charge in [-0.2, -0.15) is 0 Å². The fraction of sp³-hybridized carbons (Fsp3) is 0.182. The molecule has 4 nitrogen and oxygen atoms in total. The summed E-state index contributed by atoms with van der Waals surface area (Å²) >= 11 is 0. The molecule has 0 aliphatic carbocycles. The standard InChI is InChI=1S/C11H11N3O/c1-13-7-12-10-11(13)15-9-6-4-3-5-8(9)14(10)2/h3-7H,1-2H3. The van der Waals surface area contributed by atoms with E-state index in [2.05, 4.69) is 4.98 Å². The summed E-state index contributed by atoms with van der Waals surface area (Å²) in [5.74, 6) is 2.52. The highest BCUT2D eigenvalue weighted by atomic mass is 16.5. The van der Waals surface area contributed by atoms with Crippen LogP contribution in [-0.2, 0) is 7.05 Å². The zero-order valence-corrected chi connectivity index (χ0v) is 8.64. The van der Waals surface area contributed by atoms with Crippen molar-refractivity contribution in [1.29, 1.82) is 0 Å². The molecule has 0 N–H and O–H groups in total. The van der Waals surface area contributed by atoms with Gasteiger partial charge in [0.1, 0.15) is 0 Å². The maximum atomic E-state index is 5.78. The van der Waals surface area contributed by atoms with Crippen LogP contribution in [0.5, 0.6) is 11.6 Å². The predicted octanol–water partition coefficient (Wildman–Crippen LogP) is 2.29. The first-order valence-corrected chi connectivity index (χ1v) is 4.79. The van der Waals surface area contributed by atoms with Gasteiger partial charge < -0.3 is 14.2 Å². The van der Waals surface area contributed by atoms with Gasteiger partial charge in [-0.05, 0) is 12.1 Å². The molecule has 1 aromatic carbocycles. The van der Waals surface area contributed by atoms with Crippen molar-refractivity contribution in [3.8, 4) is 11.6 Å². The fourth-order valence-corrected chi connectivity index (χ4v) is 1.79. The lowest BCUT2D eigenvalue weighted by atomic mass is 10.2. The number of ether oxygens (including phenoxy) is 1. The molecule has 2 aromatic rings. The van der Waals surface area contributed by atoms with Gasteiger partial charge in [-0.25, -0.2) is 4.98 Å². The van der Waals surface area contributed by atoms with Crippen LogP contribution < -0.4 is 9.64 Å². The molecule has 0 fully saturated rings. The highest BCUT2D eigenvalue weighted by molar-refractivity contribution is 5.73. The minimum absolute atomic E-state index is 0.788. The fourth-order valence-electron chi connectivity index (χ4n) is 1.79. The number of hydrogen-bond donors (Lipinski definition) is 0. The third-order valence-electron chi connectivity index (χ3n) is 2.62. The van der Waals surface area contributed by atoms with Crippen LogP contribution in [0.4, 0.5) is 11.5 Å². The van der Waals surface area contributed by atoms with Gasteiger partial charge >= 0.3 is 0 Å². The Hall–Kier alpha value is -1.97. The topological polar surface area (TPSA) is 30.3 Å². The Balaban J connectivity index is 2.21. The van der Waals surface area contributed by atoms with Crippen molar-refractivity contribution >= 4 is 11.5 Å². The summed E-state index contributed by atoms with van der Waals surface area (Å²) in [6, 6.07) is 7.94. The van der Waals surface area contributed by atoms with Gasteiger partial charge in [0, 0.05) is 14.1 Å². The van der Waals surface area contributed by atoms with E-state index in [4.69, 9.17) is 4.74 Å². The first kappa shape index (κ1) is 8.35. The minimum Gasteiger partial charge on any atom is -0.435 e. The second-order valence-corrected chi connectivity index (χ2v) is 3.61. The molecule has 0 bridgehead atoms. The van der Waals surface area contributed by atoms with Gasteiger partial charge in [0.25, 0.3) is 0 Å². The van der Waals surface area contributed by atoms with Gasteiger partial charge in [0.2, 0.25) is 5.88 Å². The highest BCUT2D eigenvalue weighted by Gasteiger charge is 2.24. The number of fused-ring (bicyclic) bond motifs is 2. The zero-order valence-electron chi connectivity index (χ0n) is 8.64. The van der Waals surface area contributed by atoms with Crippen molar-refractivity contribution in [3.63, 3.8) is 0 Å². The molecule has 2 heterocycles. The number of para-hydroxylation sites is 2. The normalized spacial score (nSPS) is 13.1. The SMILES string of the molecule is CN1c2ccccc2Oc2c1ncn2C. The van der Waals surface area contributed by atoms with Crippen LogP contribution in [0, 0.1) is 0 Å². The van der Waals surface area contributed by atoms with Gasteiger partial charge in [-0.3, -0.25) is 0 Å². The van der Waals surface area contributed by atoms with Crippen molar-refractivity contribution in [2.45, 2.75) is 0 Å². The zero-order chi connectivity index (χ0) is 10.4. The molecule has 0 saturated carbocycles. The molecular weight excluding hydrogens is 190 g/mol. The van der Waals surface area contributed by atoms with E-state index in [9.17, 15) is 0 Å². The second-order valence-electron chi connectivity index (χ2n) is 3.61. The lowest BCUT2D eigenvalue weighted by Crippen LogP contribution is -2.16. The largest absolute Gasteiger partial charge is 0.435 e. The van der Waals surface area contributed by atoms with Crippen molar-refractivity contribution in [2.24, 2.45) is 7.05 Å². The van der Waals surface area contributed by atoms with Crippen molar-refractivity contribution in [2.75, 3.05) is 11.9 Å². The summed E-state index contributed by atoms with van der Waals surface area (Å²) in [5, 5.41) is 0. The molecule has 1 aromatic heterocycles. The molecule has 1 aliphatic rings. The first-order chi connectivity index (χ1) is 7.27. The maximum Gasteiger partial charge on any atom is 0.244 e. The number of nitrogens with zero attached hydrogens (tertiary/aromatic N) is 3. The Morgan fingerprint density at radius 2 is 2.00 bits per heavy atom.